The van der Waals surface area contributed by atoms with E-state index in [1.54, 1.807) is 6.07 Å². The fraction of sp³-hybridized carbons (Fsp3) is 0.192. The maximum atomic E-state index is 6.46. The summed E-state index contributed by atoms with van der Waals surface area (Å²) < 4.78 is 2.16. The maximum absolute atomic E-state index is 6.46. The van der Waals surface area contributed by atoms with Crippen molar-refractivity contribution in [1.82, 2.24) is 9.55 Å². The number of nitrogens with zero attached hydrogens (tertiary/aromatic N) is 2. The zero-order chi connectivity index (χ0) is 21.8. The summed E-state index contributed by atoms with van der Waals surface area (Å²) in [6, 6.07) is 26.5. The van der Waals surface area contributed by atoms with Crippen LogP contribution in [-0.4, -0.2) is 9.55 Å². The second kappa shape index (κ2) is 9.69. The Hall–Kier alpha value is -2.59. The molecule has 2 N–H and O–H groups in total. The minimum atomic E-state index is -0.184. The molecule has 3 nitrogen and oxygen atoms in total. The molecule has 0 aliphatic heterocycles. The fourth-order valence-electron chi connectivity index (χ4n) is 4.10. The van der Waals surface area contributed by atoms with Gasteiger partial charge >= 0.3 is 0 Å². The van der Waals surface area contributed by atoms with E-state index in [2.05, 4.69) is 70.2 Å². The van der Waals surface area contributed by atoms with E-state index in [4.69, 9.17) is 28.9 Å². The molecule has 1 heterocycles. The van der Waals surface area contributed by atoms with Crippen molar-refractivity contribution in [3.8, 4) is 11.3 Å². The molecule has 31 heavy (non-hydrogen) atoms. The standard InChI is InChI=1S/C26H25Cl2N3/c1-18(29)26-25(23-13-12-21(27)16-24(23)28)30-17-31(26)15-14-22(19-8-4-2-5-9-19)20-10-6-3-7-11-20/h2-13,16-18,22H,14-15,29H2,1H3/t18-/m0/s1. The summed E-state index contributed by atoms with van der Waals surface area (Å²) in [6.07, 6.45) is 2.80. The van der Waals surface area contributed by atoms with Gasteiger partial charge in [0.1, 0.15) is 0 Å². The van der Waals surface area contributed by atoms with Crippen LogP contribution in [0.2, 0.25) is 10.0 Å². The third-order valence-corrected chi connectivity index (χ3v) is 6.11. The number of rotatable bonds is 7. The van der Waals surface area contributed by atoms with E-state index in [0.29, 0.717) is 10.0 Å². The van der Waals surface area contributed by atoms with Crippen LogP contribution >= 0.6 is 23.2 Å². The quantitative estimate of drug-likeness (QED) is 0.326. The Kier molecular flexibility index (Phi) is 6.77. The second-order valence-electron chi connectivity index (χ2n) is 7.75. The van der Waals surface area contributed by atoms with E-state index in [1.807, 2.05) is 25.4 Å². The highest BCUT2D eigenvalue weighted by molar-refractivity contribution is 6.36. The maximum Gasteiger partial charge on any atom is 0.0956 e. The second-order valence-corrected chi connectivity index (χ2v) is 8.59. The van der Waals surface area contributed by atoms with Crippen LogP contribution in [0.25, 0.3) is 11.3 Å². The normalized spacial score (nSPS) is 12.3. The molecule has 0 saturated carbocycles. The van der Waals surface area contributed by atoms with Crippen LogP contribution in [0.3, 0.4) is 0 Å². The van der Waals surface area contributed by atoms with Crippen LogP contribution in [0.1, 0.15) is 42.1 Å². The highest BCUT2D eigenvalue weighted by Crippen LogP contribution is 2.34. The first-order chi connectivity index (χ1) is 15.0. The fourth-order valence-corrected chi connectivity index (χ4v) is 4.60. The van der Waals surface area contributed by atoms with Crippen molar-refractivity contribution >= 4 is 23.2 Å². The number of benzene rings is 3. The summed E-state index contributed by atoms with van der Waals surface area (Å²) in [6.45, 7) is 2.77. The molecule has 0 unspecified atom stereocenters. The molecular weight excluding hydrogens is 425 g/mol. The molecule has 158 valence electrons. The van der Waals surface area contributed by atoms with Crippen molar-refractivity contribution in [2.75, 3.05) is 0 Å². The monoisotopic (exact) mass is 449 g/mol. The van der Waals surface area contributed by atoms with Crippen molar-refractivity contribution in [1.29, 1.82) is 0 Å². The zero-order valence-corrected chi connectivity index (χ0v) is 18.9. The van der Waals surface area contributed by atoms with E-state index in [0.717, 1.165) is 29.9 Å². The van der Waals surface area contributed by atoms with Crippen molar-refractivity contribution in [2.45, 2.75) is 31.8 Å². The highest BCUT2D eigenvalue weighted by Gasteiger charge is 2.20. The third-order valence-electron chi connectivity index (χ3n) is 5.56. The summed E-state index contributed by atoms with van der Waals surface area (Å²) in [7, 11) is 0. The van der Waals surface area contributed by atoms with E-state index in [-0.39, 0.29) is 12.0 Å². The lowest BCUT2D eigenvalue weighted by atomic mass is 9.88. The van der Waals surface area contributed by atoms with Gasteiger partial charge in [-0.3, -0.25) is 0 Å². The molecule has 0 amide bonds. The Morgan fingerprint density at radius 2 is 1.52 bits per heavy atom. The number of imidazole rings is 1. The van der Waals surface area contributed by atoms with Gasteiger partial charge in [-0.05, 0) is 42.7 Å². The number of hydrogen-bond acceptors (Lipinski definition) is 2. The molecule has 0 aliphatic rings. The Balaban J connectivity index is 1.66. The summed E-state index contributed by atoms with van der Waals surface area (Å²) in [5, 5.41) is 1.18. The molecule has 5 heteroatoms. The topological polar surface area (TPSA) is 43.8 Å². The molecule has 4 rings (SSSR count). The van der Waals surface area contributed by atoms with Crippen LogP contribution in [0, 0.1) is 0 Å². The number of nitrogens with two attached hydrogens (primary N) is 1. The van der Waals surface area contributed by atoms with Crippen LogP contribution < -0.4 is 5.73 Å². The molecule has 0 radical (unpaired) electrons. The average Bonchev–Trinajstić information content (AvgIpc) is 3.19. The van der Waals surface area contributed by atoms with Crippen molar-refractivity contribution in [3.05, 3.63) is 112 Å². The molecule has 0 bridgehead atoms. The van der Waals surface area contributed by atoms with Crippen LogP contribution in [0.5, 0.6) is 0 Å². The number of aryl methyl sites for hydroxylation is 1. The summed E-state index contributed by atoms with van der Waals surface area (Å²) in [5.74, 6) is 0.285. The van der Waals surface area contributed by atoms with E-state index in [9.17, 15) is 0 Å². The van der Waals surface area contributed by atoms with Gasteiger partial charge in [-0.1, -0.05) is 83.9 Å². The number of halogens is 2. The van der Waals surface area contributed by atoms with Crippen LogP contribution in [-0.2, 0) is 6.54 Å². The van der Waals surface area contributed by atoms with Gasteiger partial charge in [-0.2, -0.15) is 0 Å². The Bertz CT molecular complexity index is 1100. The molecule has 0 aliphatic carbocycles. The number of aromatic nitrogens is 2. The van der Waals surface area contributed by atoms with Gasteiger partial charge in [0.25, 0.3) is 0 Å². The molecule has 3 aromatic carbocycles. The molecular formula is C26H25Cl2N3. The zero-order valence-electron chi connectivity index (χ0n) is 17.4. The molecule has 1 atom stereocenters. The van der Waals surface area contributed by atoms with E-state index < -0.39 is 0 Å². The van der Waals surface area contributed by atoms with Crippen molar-refractivity contribution in [3.63, 3.8) is 0 Å². The van der Waals surface area contributed by atoms with Gasteiger partial charge in [-0.15, -0.1) is 0 Å². The Labute approximate surface area is 193 Å². The van der Waals surface area contributed by atoms with Crippen LogP contribution in [0.4, 0.5) is 0 Å². The van der Waals surface area contributed by atoms with Crippen LogP contribution in [0.15, 0.2) is 85.2 Å². The summed E-state index contributed by atoms with van der Waals surface area (Å²) in [4.78, 5) is 4.68. The molecule has 4 aromatic rings. The van der Waals surface area contributed by atoms with Crippen molar-refractivity contribution in [2.24, 2.45) is 5.73 Å². The predicted octanol–water partition coefficient (Wildman–Crippen LogP) is 7.10. The molecule has 0 saturated heterocycles. The van der Waals surface area contributed by atoms with Gasteiger partial charge in [0.15, 0.2) is 0 Å². The molecule has 0 spiro atoms. The van der Waals surface area contributed by atoms with Gasteiger partial charge in [-0.25, -0.2) is 4.98 Å². The first kappa shape index (κ1) is 21.6. The smallest absolute Gasteiger partial charge is 0.0956 e. The minimum absolute atomic E-state index is 0.184. The average molecular weight is 450 g/mol. The highest BCUT2D eigenvalue weighted by atomic mass is 35.5. The Morgan fingerprint density at radius 1 is 0.903 bits per heavy atom. The summed E-state index contributed by atoms with van der Waals surface area (Å²) in [5.41, 5.74) is 11.6. The third kappa shape index (κ3) is 4.85. The van der Waals surface area contributed by atoms with Gasteiger partial charge in [0.05, 0.1) is 22.7 Å². The first-order valence-corrected chi connectivity index (χ1v) is 11.2. The first-order valence-electron chi connectivity index (χ1n) is 10.4. The SMILES string of the molecule is C[C@H](N)c1c(-c2ccc(Cl)cc2Cl)ncn1CCC(c1ccccc1)c1ccccc1. The molecule has 1 aromatic heterocycles. The van der Waals surface area contributed by atoms with E-state index >= 15 is 0 Å². The van der Waals surface area contributed by atoms with Gasteiger partial charge in [0, 0.05) is 29.1 Å². The molecule has 0 fully saturated rings. The largest absolute Gasteiger partial charge is 0.333 e. The minimum Gasteiger partial charge on any atom is -0.333 e. The van der Waals surface area contributed by atoms with Gasteiger partial charge in [0.2, 0.25) is 0 Å². The lowest BCUT2D eigenvalue weighted by Gasteiger charge is -2.20. The van der Waals surface area contributed by atoms with Crippen molar-refractivity contribution < 1.29 is 0 Å². The Morgan fingerprint density at radius 3 is 2.06 bits per heavy atom. The number of hydrogen-bond donors (Lipinski definition) is 1. The van der Waals surface area contributed by atoms with Gasteiger partial charge < -0.3 is 10.3 Å². The predicted molar refractivity (Wildman–Crippen MR) is 130 cm³/mol. The van der Waals surface area contributed by atoms with E-state index in [1.165, 1.54) is 11.1 Å². The summed E-state index contributed by atoms with van der Waals surface area (Å²) >= 11 is 12.5. The lowest BCUT2D eigenvalue weighted by Crippen LogP contribution is -2.15. The lowest BCUT2D eigenvalue weighted by molar-refractivity contribution is 0.562.